The van der Waals surface area contributed by atoms with Crippen molar-refractivity contribution in [2.24, 2.45) is 0 Å². The van der Waals surface area contributed by atoms with Crippen molar-refractivity contribution in [1.82, 2.24) is 14.7 Å². The van der Waals surface area contributed by atoms with Crippen molar-refractivity contribution in [3.05, 3.63) is 47.3 Å². The molecule has 6 heteroatoms. The van der Waals surface area contributed by atoms with Gasteiger partial charge in [-0.2, -0.15) is 5.10 Å². The molecule has 1 saturated heterocycles. The van der Waals surface area contributed by atoms with E-state index >= 15 is 0 Å². The van der Waals surface area contributed by atoms with Gasteiger partial charge in [0.2, 0.25) is 0 Å². The number of amides is 1. The molecule has 0 radical (unpaired) electrons. The molecule has 1 aliphatic rings. The molecule has 0 spiro atoms. The Morgan fingerprint density at radius 1 is 1.21 bits per heavy atom. The largest absolute Gasteiger partial charge is 0.377 e. The van der Waals surface area contributed by atoms with Crippen LogP contribution in [0.3, 0.4) is 0 Å². The maximum Gasteiger partial charge on any atom is 0.295 e. The van der Waals surface area contributed by atoms with Crippen LogP contribution in [-0.2, 0) is 9.53 Å². The molecular weight excluding hydrogens is 306 g/mol. The average molecular weight is 327 g/mol. The second kappa shape index (κ2) is 6.57. The first-order valence-electron chi connectivity index (χ1n) is 8.05. The Balaban J connectivity index is 1.93. The first kappa shape index (κ1) is 16.4. The molecule has 1 atom stereocenters. The fourth-order valence-electron chi connectivity index (χ4n) is 3.06. The number of ketones is 1. The van der Waals surface area contributed by atoms with Crippen LogP contribution >= 0.6 is 0 Å². The summed E-state index contributed by atoms with van der Waals surface area (Å²) in [5, 5.41) is 4.45. The molecule has 0 N–H and O–H groups in total. The molecule has 0 bridgehead atoms. The van der Waals surface area contributed by atoms with Crippen LogP contribution in [0.25, 0.3) is 5.69 Å². The van der Waals surface area contributed by atoms with Crippen LogP contribution in [0.15, 0.2) is 30.3 Å². The lowest BCUT2D eigenvalue weighted by Crippen LogP contribution is -2.49. The van der Waals surface area contributed by atoms with Gasteiger partial charge in [0.1, 0.15) is 0 Å². The van der Waals surface area contributed by atoms with Crippen molar-refractivity contribution in [2.75, 3.05) is 19.8 Å². The highest BCUT2D eigenvalue weighted by molar-refractivity contribution is 6.43. The first-order chi connectivity index (χ1) is 11.5. The summed E-state index contributed by atoms with van der Waals surface area (Å²) >= 11 is 0. The maximum absolute atomic E-state index is 12.8. The highest BCUT2D eigenvalue weighted by Crippen LogP contribution is 2.20. The predicted molar refractivity (Wildman–Crippen MR) is 89.4 cm³/mol. The number of aryl methyl sites for hydroxylation is 1. The number of hydrogen-bond acceptors (Lipinski definition) is 4. The van der Waals surface area contributed by atoms with E-state index in [-0.39, 0.29) is 6.04 Å². The number of rotatable bonds is 3. The molecule has 0 unspecified atom stereocenters. The highest BCUT2D eigenvalue weighted by Gasteiger charge is 2.32. The topological polar surface area (TPSA) is 64.4 Å². The lowest BCUT2D eigenvalue weighted by Gasteiger charge is -2.32. The van der Waals surface area contributed by atoms with E-state index in [2.05, 4.69) is 5.10 Å². The zero-order valence-electron chi connectivity index (χ0n) is 14.2. The van der Waals surface area contributed by atoms with E-state index in [1.54, 1.807) is 16.5 Å². The molecule has 1 fully saturated rings. The van der Waals surface area contributed by atoms with Gasteiger partial charge in [-0.15, -0.1) is 0 Å². The third-order valence-electron chi connectivity index (χ3n) is 4.34. The van der Waals surface area contributed by atoms with Gasteiger partial charge in [0.15, 0.2) is 0 Å². The summed E-state index contributed by atoms with van der Waals surface area (Å²) in [6, 6.07) is 9.48. The first-order valence-corrected chi connectivity index (χ1v) is 8.05. The Morgan fingerprint density at radius 2 is 1.92 bits per heavy atom. The van der Waals surface area contributed by atoms with Gasteiger partial charge in [-0.1, -0.05) is 18.2 Å². The summed E-state index contributed by atoms with van der Waals surface area (Å²) in [6.45, 7) is 6.82. The second-order valence-electron chi connectivity index (χ2n) is 6.04. The Kier molecular flexibility index (Phi) is 4.49. The molecule has 6 nitrogen and oxygen atoms in total. The zero-order chi connectivity index (χ0) is 17.3. The van der Waals surface area contributed by atoms with Crippen molar-refractivity contribution in [3.63, 3.8) is 0 Å². The number of para-hydroxylation sites is 1. The molecular formula is C18H21N3O3. The molecule has 0 saturated carbocycles. The van der Waals surface area contributed by atoms with Crippen molar-refractivity contribution in [3.8, 4) is 5.69 Å². The minimum absolute atomic E-state index is 0.0972. The normalized spacial score (nSPS) is 17.8. The number of carbonyl (C=O) groups excluding carboxylic acids is 2. The second-order valence-corrected chi connectivity index (χ2v) is 6.04. The standard InChI is InChI=1S/C18H21N3O3/c1-12-11-24-10-9-20(12)18(23)17(22)16-13(2)19-21(14(16)3)15-7-5-4-6-8-15/h4-8,12H,9-11H2,1-3H3/t12-/m0/s1. The number of Topliss-reactive ketones (excluding diaryl/α,β-unsaturated/α-hetero) is 1. The van der Waals surface area contributed by atoms with E-state index in [0.717, 1.165) is 5.69 Å². The summed E-state index contributed by atoms with van der Waals surface area (Å²) in [7, 11) is 0. The number of nitrogens with zero attached hydrogens (tertiary/aromatic N) is 3. The third kappa shape index (κ3) is 2.85. The maximum atomic E-state index is 12.8. The molecule has 24 heavy (non-hydrogen) atoms. The molecule has 1 amide bonds. The van der Waals surface area contributed by atoms with Crippen LogP contribution in [0.4, 0.5) is 0 Å². The van der Waals surface area contributed by atoms with E-state index in [0.29, 0.717) is 36.7 Å². The van der Waals surface area contributed by atoms with Gasteiger partial charge < -0.3 is 9.64 Å². The molecule has 1 aromatic heterocycles. The Hall–Kier alpha value is -2.47. The molecule has 2 aromatic rings. The summed E-state index contributed by atoms with van der Waals surface area (Å²) < 4.78 is 7.04. The minimum Gasteiger partial charge on any atom is -0.377 e. The average Bonchev–Trinajstić information content (AvgIpc) is 2.89. The summed E-state index contributed by atoms with van der Waals surface area (Å²) in [5.74, 6) is -0.981. The number of benzene rings is 1. The van der Waals surface area contributed by atoms with E-state index in [1.807, 2.05) is 44.2 Å². The smallest absolute Gasteiger partial charge is 0.295 e. The monoisotopic (exact) mass is 327 g/mol. The number of aromatic nitrogens is 2. The lowest BCUT2D eigenvalue weighted by atomic mass is 10.1. The number of morpholine rings is 1. The van der Waals surface area contributed by atoms with Crippen molar-refractivity contribution >= 4 is 11.7 Å². The Morgan fingerprint density at radius 3 is 2.58 bits per heavy atom. The fraction of sp³-hybridized carbons (Fsp3) is 0.389. The van der Waals surface area contributed by atoms with E-state index in [1.165, 1.54) is 0 Å². The van der Waals surface area contributed by atoms with E-state index in [4.69, 9.17) is 4.74 Å². The summed E-state index contributed by atoms with van der Waals surface area (Å²) in [5.41, 5.74) is 2.50. The van der Waals surface area contributed by atoms with Crippen LogP contribution in [0.2, 0.25) is 0 Å². The lowest BCUT2D eigenvalue weighted by molar-refractivity contribution is -0.134. The third-order valence-corrected chi connectivity index (χ3v) is 4.34. The quantitative estimate of drug-likeness (QED) is 0.638. The number of ether oxygens (including phenoxy) is 1. The SMILES string of the molecule is Cc1nn(-c2ccccc2)c(C)c1C(=O)C(=O)N1CCOC[C@@H]1C. The van der Waals surface area contributed by atoms with Gasteiger partial charge in [0.05, 0.1) is 41.9 Å². The predicted octanol–water partition coefficient (Wildman–Crippen LogP) is 1.92. The van der Waals surface area contributed by atoms with Gasteiger partial charge in [-0.05, 0) is 32.9 Å². The van der Waals surface area contributed by atoms with Gasteiger partial charge in [0.25, 0.3) is 11.7 Å². The molecule has 1 aromatic carbocycles. The number of hydrogen-bond donors (Lipinski definition) is 0. The zero-order valence-corrected chi connectivity index (χ0v) is 14.2. The van der Waals surface area contributed by atoms with Crippen molar-refractivity contribution in [2.45, 2.75) is 26.8 Å². The van der Waals surface area contributed by atoms with Crippen LogP contribution in [-0.4, -0.2) is 52.2 Å². The summed E-state index contributed by atoms with van der Waals surface area (Å²) in [4.78, 5) is 27.0. The highest BCUT2D eigenvalue weighted by atomic mass is 16.5. The fourth-order valence-corrected chi connectivity index (χ4v) is 3.06. The molecule has 3 rings (SSSR count). The molecule has 0 aliphatic carbocycles. The van der Waals surface area contributed by atoms with Crippen molar-refractivity contribution < 1.29 is 14.3 Å². The van der Waals surface area contributed by atoms with Crippen LogP contribution in [0.1, 0.15) is 28.7 Å². The molecule has 1 aliphatic heterocycles. The number of carbonyl (C=O) groups is 2. The van der Waals surface area contributed by atoms with E-state index < -0.39 is 11.7 Å². The van der Waals surface area contributed by atoms with Gasteiger partial charge in [0, 0.05) is 6.54 Å². The minimum atomic E-state index is -0.499. The summed E-state index contributed by atoms with van der Waals surface area (Å²) in [6.07, 6.45) is 0. The van der Waals surface area contributed by atoms with Crippen LogP contribution < -0.4 is 0 Å². The van der Waals surface area contributed by atoms with Gasteiger partial charge >= 0.3 is 0 Å². The van der Waals surface area contributed by atoms with Crippen LogP contribution in [0, 0.1) is 13.8 Å². The van der Waals surface area contributed by atoms with Crippen molar-refractivity contribution in [1.29, 1.82) is 0 Å². The Labute approximate surface area is 141 Å². The Bertz CT molecular complexity index is 767. The molecule has 126 valence electrons. The van der Waals surface area contributed by atoms with Gasteiger partial charge in [-0.25, -0.2) is 4.68 Å². The molecule has 2 heterocycles. The van der Waals surface area contributed by atoms with E-state index in [9.17, 15) is 9.59 Å². The van der Waals surface area contributed by atoms with Crippen LogP contribution in [0.5, 0.6) is 0 Å². The van der Waals surface area contributed by atoms with Gasteiger partial charge in [-0.3, -0.25) is 9.59 Å².